The summed E-state index contributed by atoms with van der Waals surface area (Å²) in [4.78, 5) is 17.0. The highest BCUT2D eigenvalue weighted by molar-refractivity contribution is 5.78. The van der Waals surface area contributed by atoms with Gasteiger partial charge in [-0.1, -0.05) is 0 Å². The molecule has 1 unspecified atom stereocenters. The molecule has 1 rings (SSSR count). The first kappa shape index (κ1) is 11.8. The van der Waals surface area contributed by atoms with Crippen LogP contribution in [0.25, 0.3) is 0 Å². The number of rotatable bonds is 3. The van der Waals surface area contributed by atoms with Gasteiger partial charge in [-0.15, -0.1) is 0 Å². The zero-order chi connectivity index (χ0) is 11.3. The van der Waals surface area contributed by atoms with E-state index in [9.17, 15) is 4.79 Å². The second-order valence-corrected chi connectivity index (χ2v) is 3.96. The summed E-state index contributed by atoms with van der Waals surface area (Å²) < 4.78 is 0. The summed E-state index contributed by atoms with van der Waals surface area (Å²) in [5.41, 5.74) is 11.0. The molecule has 1 aliphatic heterocycles. The van der Waals surface area contributed by atoms with Gasteiger partial charge in [0.2, 0.25) is 5.91 Å². The summed E-state index contributed by atoms with van der Waals surface area (Å²) >= 11 is 0. The van der Waals surface area contributed by atoms with E-state index in [1.165, 1.54) is 0 Å². The molecule has 0 spiro atoms. The first-order valence-electron chi connectivity index (χ1n) is 5.46. The van der Waals surface area contributed by atoms with Crippen molar-refractivity contribution in [3.05, 3.63) is 0 Å². The average molecular weight is 212 g/mol. The van der Waals surface area contributed by atoms with Crippen molar-refractivity contribution >= 4 is 11.9 Å². The Morgan fingerprint density at radius 3 is 2.87 bits per heavy atom. The molecule has 1 saturated heterocycles. The predicted molar refractivity (Wildman–Crippen MR) is 60.3 cm³/mol. The van der Waals surface area contributed by atoms with Crippen molar-refractivity contribution in [1.29, 1.82) is 0 Å². The molecule has 0 aromatic heterocycles. The van der Waals surface area contributed by atoms with Crippen LogP contribution in [0.1, 0.15) is 26.2 Å². The molecule has 0 saturated carbocycles. The minimum atomic E-state index is -0.229. The molecule has 1 amide bonds. The van der Waals surface area contributed by atoms with Crippen LogP contribution in [0, 0.1) is 5.92 Å². The predicted octanol–water partition coefficient (Wildman–Crippen LogP) is -0.0916. The normalized spacial score (nSPS) is 22.9. The Hall–Kier alpha value is -1.26. The number of hydrogen-bond donors (Lipinski definition) is 2. The largest absolute Gasteiger partial charge is 0.370 e. The van der Waals surface area contributed by atoms with E-state index in [-0.39, 0.29) is 5.91 Å². The summed E-state index contributed by atoms with van der Waals surface area (Å²) in [6, 6.07) is 0. The van der Waals surface area contributed by atoms with Crippen LogP contribution in [0.15, 0.2) is 4.99 Å². The molecule has 4 N–H and O–H groups in total. The number of carbonyl (C=O) groups excluding carboxylic acids is 1. The highest BCUT2D eigenvalue weighted by Gasteiger charge is 2.22. The second-order valence-electron chi connectivity index (χ2n) is 3.96. The van der Waals surface area contributed by atoms with E-state index in [0.29, 0.717) is 24.8 Å². The summed E-state index contributed by atoms with van der Waals surface area (Å²) in [5, 5.41) is 0. The maximum atomic E-state index is 10.8. The minimum Gasteiger partial charge on any atom is -0.370 e. The van der Waals surface area contributed by atoms with Crippen LogP contribution in [-0.2, 0) is 4.79 Å². The number of amides is 1. The van der Waals surface area contributed by atoms with E-state index in [1.54, 1.807) is 0 Å². The Kier molecular flexibility index (Phi) is 4.39. The summed E-state index contributed by atoms with van der Waals surface area (Å²) in [7, 11) is 0. The fourth-order valence-electron chi connectivity index (χ4n) is 1.99. The van der Waals surface area contributed by atoms with E-state index in [0.717, 1.165) is 25.9 Å². The highest BCUT2D eigenvalue weighted by atomic mass is 16.1. The van der Waals surface area contributed by atoms with Gasteiger partial charge < -0.3 is 16.4 Å². The molecular weight excluding hydrogens is 192 g/mol. The molecule has 0 aliphatic carbocycles. The van der Waals surface area contributed by atoms with Crippen LogP contribution in [0.4, 0.5) is 0 Å². The Morgan fingerprint density at radius 1 is 1.53 bits per heavy atom. The maximum absolute atomic E-state index is 10.8. The van der Waals surface area contributed by atoms with Gasteiger partial charge >= 0.3 is 0 Å². The van der Waals surface area contributed by atoms with E-state index in [2.05, 4.69) is 4.99 Å². The third kappa shape index (κ3) is 3.77. The van der Waals surface area contributed by atoms with Gasteiger partial charge in [0.1, 0.15) is 0 Å². The highest BCUT2D eigenvalue weighted by Crippen LogP contribution is 2.18. The summed E-state index contributed by atoms with van der Waals surface area (Å²) in [6.45, 7) is 4.39. The van der Waals surface area contributed by atoms with Crippen molar-refractivity contribution in [2.24, 2.45) is 22.4 Å². The number of nitrogens with two attached hydrogens (primary N) is 2. The van der Waals surface area contributed by atoms with E-state index in [4.69, 9.17) is 11.5 Å². The molecular formula is C10H20N4O. The molecule has 1 atom stereocenters. The van der Waals surface area contributed by atoms with Crippen LogP contribution < -0.4 is 11.5 Å². The van der Waals surface area contributed by atoms with Crippen molar-refractivity contribution < 1.29 is 4.79 Å². The third-order valence-electron chi connectivity index (χ3n) is 2.65. The Labute approximate surface area is 90.5 Å². The fourth-order valence-corrected chi connectivity index (χ4v) is 1.99. The number of carbonyl (C=O) groups is 1. The standard InChI is InChI=1S/C10H20N4O/c1-2-13-10(12)14-5-3-4-8(7-14)6-9(11)15/h8H,2-7H2,1H3,(H2,11,15)(H2,12,13). The van der Waals surface area contributed by atoms with Crippen LogP contribution in [-0.4, -0.2) is 36.4 Å². The SMILES string of the molecule is CCN=C(N)N1CCCC(CC(N)=O)C1. The van der Waals surface area contributed by atoms with Crippen LogP contribution in [0.5, 0.6) is 0 Å². The third-order valence-corrected chi connectivity index (χ3v) is 2.65. The first-order chi connectivity index (χ1) is 7.13. The lowest BCUT2D eigenvalue weighted by Crippen LogP contribution is -2.44. The van der Waals surface area contributed by atoms with Crippen molar-refractivity contribution in [3.63, 3.8) is 0 Å². The first-order valence-corrected chi connectivity index (χ1v) is 5.46. The summed E-state index contributed by atoms with van der Waals surface area (Å²) in [6.07, 6.45) is 2.56. The van der Waals surface area contributed by atoms with Crippen molar-refractivity contribution in [2.75, 3.05) is 19.6 Å². The lowest BCUT2D eigenvalue weighted by Gasteiger charge is -2.32. The number of likely N-dealkylation sites (tertiary alicyclic amines) is 1. The van der Waals surface area contributed by atoms with Crippen LogP contribution >= 0.6 is 0 Å². The number of nitrogens with zero attached hydrogens (tertiary/aromatic N) is 2. The number of guanidine groups is 1. The fraction of sp³-hybridized carbons (Fsp3) is 0.800. The molecule has 1 fully saturated rings. The van der Waals surface area contributed by atoms with Crippen molar-refractivity contribution in [3.8, 4) is 0 Å². The van der Waals surface area contributed by atoms with Crippen molar-refractivity contribution in [1.82, 2.24) is 4.90 Å². The molecule has 15 heavy (non-hydrogen) atoms. The molecule has 1 aliphatic rings. The van der Waals surface area contributed by atoms with E-state index < -0.39 is 0 Å². The Bertz CT molecular complexity index is 252. The van der Waals surface area contributed by atoms with Gasteiger partial charge in [0, 0.05) is 26.1 Å². The van der Waals surface area contributed by atoms with Gasteiger partial charge in [-0.2, -0.15) is 0 Å². The molecule has 0 aromatic rings. The molecule has 0 radical (unpaired) electrons. The quantitative estimate of drug-likeness (QED) is 0.506. The topological polar surface area (TPSA) is 84.7 Å². The van der Waals surface area contributed by atoms with Gasteiger partial charge in [-0.25, -0.2) is 0 Å². The van der Waals surface area contributed by atoms with Crippen molar-refractivity contribution in [2.45, 2.75) is 26.2 Å². The van der Waals surface area contributed by atoms with E-state index in [1.807, 2.05) is 11.8 Å². The molecule has 0 bridgehead atoms. The van der Waals surface area contributed by atoms with E-state index >= 15 is 0 Å². The van der Waals surface area contributed by atoms with Gasteiger partial charge in [0.05, 0.1) is 0 Å². The molecule has 1 heterocycles. The van der Waals surface area contributed by atoms with Gasteiger partial charge in [-0.05, 0) is 25.7 Å². The van der Waals surface area contributed by atoms with Gasteiger partial charge in [0.25, 0.3) is 0 Å². The lowest BCUT2D eigenvalue weighted by atomic mass is 9.95. The van der Waals surface area contributed by atoms with Gasteiger partial charge in [-0.3, -0.25) is 9.79 Å². The lowest BCUT2D eigenvalue weighted by molar-refractivity contribution is -0.119. The second kappa shape index (κ2) is 5.58. The van der Waals surface area contributed by atoms with Crippen LogP contribution in [0.2, 0.25) is 0 Å². The molecule has 5 heteroatoms. The molecule has 86 valence electrons. The number of hydrogen-bond acceptors (Lipinski definition) is 2. The number of primary amides is 1. The van der Waals surface area contributed by atoms with Gasteiger partial charge in [0.15, 0.2) is 5.96 Å². The number of aliphatic imine (C=N–C) groups is 1. The average Bonchev–Trinajstić information content (AvgIpc) is 2.17. The molecule has 5 nitrogen and oxygen atoms in total. The van der Waals surface area contributed by atoms with Crippen LogP contribution in [0.3, 0.4) is 0 Å². The zero-order valence-corrected chi connectivity index (χ0v) is 9.28. The summed E-state index contributed by atoms with van der Waals surface area (Å²) in [5.74, 6) is 0.696. The Balaban J connectivity index is 2.48. The maximum Gasteiger partial charge on any atom is 0.217 e. The Morgan fingerprint density at radius 2 is 2.27 bits per heavy atom. The minimum absolute atomic E-state index is 0.229. The smallest absolute Gasteiger partial charge is 0.217 e. The monoisotopic (exact) mass is 212 g/mol. The number of piperidine rings is 1. The zero-order valence-electron chi connectivity index (χ0n) is 9.28. The molecule has 0 aromatic carbocycles.